The van der Waals surface area contributed by atoms with Crippen LogP contribution in [0.5, 0.6) is 5.75 Å². The Labute approximate surface area is 107 Å². The van der Waals surface area contributed by atoms with Crippen LogP contribution in [0.15, 0.2) is 18.2 Å². The van der Waals surface area contributed by atoms with E-state index in [0.29, 0.717) is 23.7 Å². The normalized spacial score (nSPS) is 15.6. The standard InChI is InChI=1S/C13H19N3O2/c1-18-12-5-4-10(14)8-11(12)15-13(17)9-16-6-2-3-7-16/h4-5,8H,2-3,6-7,9,14H2,1H3,(H,15,17)/p+1. The molecule has 18 heavy (non-hydrogen) atoms. The number of amides is 1. The van der Waals surface area contributed by atoms with Crippen LogP contribution in [-0.4, -0.2) is 32.7 Å². The molecular weight excluding hydrogens is 230 g/mol. The molecule has 0 radical (unpaired) electrons. The van der Waals surface area contributed by atoms with Crippen LogP contribution in [0.25, 0.3) is 0 Å². The lowest BCUT2D eigenvalue weighted by molar-refractivity contribution is -0.878. The first-order valence-electron chi connectivity index (χ1n) is 6.26. The predicted octanol–water partition coefficient (Wildman–Crippen LogP) is -0.105. The number of rotatable bonds is 4. The Morgan fingerprint density at radius 2 is 2.17 bits per heavy atom. The van der Waals surface area contributed by atoms with Crippen LogP contribution >= 0.6 is 0 Å². The molecule has 0 unspecified atom stereocenters. The van der Waals surface area contributed by atoms with E-state index in [0.717, 1.165) is 13.1 Å². The van der Waals surface area contributed by atoms with Gasteiger partial charge in [0, 0.05) is 18.5 Å². The molecule has 0 atom stereocenters. The summed E-state index contributed by atoms with van der Waals surface area (Å²) in [6.07, 6.45) is 2.43. The number of quaternary nitrogens is 1. The zero-order valence-corrected chi connectivity index (χ0v) is 10.7. The molecule has 5 nitrogen and oxygen atoms in total. The zero-order valence-electron chi connectivity index (χ0n) is 10.7. The average Bonchev–Trinajstić information content (AvgIpc) is 2.82. The van der Waals surface area contributed by atoms with Crippen molar-refractivity contribution in [2.24, 2.45) is 0 Å². The maximum absolute atomic E-state index is 11.9. The van der Waals surface area contributed by atoms with Crippen molar-refractivity contribution >= 4 is 17.3 Å². The lowest BCUT2D eigenvalue weighted by atomic mass is 10.2. The number of anilines is 2. The second-order valence-electron chi connectivity index (χ2n) is 4.64. The molecule has 1 aromatic carbocycles. The summed E-state index contributed by atoms with van der Waals surface area (Å²) >= 11 is 0. The quantitative estimate of drug-likeness (QED) is 0.653. The van der Waals surface area contributed by atoms with Crippen LogP contribution in [0.2, 0.25) is 0 Å². The van der Waals surface area contributed by atoms with Gasteiger partial charge in [0.15, 0.2) is 6.54 Å². The summed E-state index contributed by atoms with van der Waals surface area (Å²) in [4.78, 5) is 13.3. The Balaban J connectivity index is 1.99. The van der Waals surface area contributed by atoms with Crippen molar-refractivity contribution < 1.29 is 14.4 Å². The topological polar surface area (TPSA) is 68.8 Å². The third kappa shape index (κ3) is 3.13. The number of methoxy groups -OCH3 is 1. The van der Waals surface area contributed by atoms with Crippen LogP contribution in [-0.2, 0) is 4.79 Å². The van der Waals surface area contributed by atoms with E-state index >= 15 is 0 Å². The van der Waals surface area contributed by atoms with E-state index in [4.69, 9.17) is 10.5 Å². The highest BCUT2D eigenvalue weighted by Crippen LogP contribution is 2.26. The number of hydrogen-bond donors (Lipinski definition) is 3. The fourth-order valence-corrected chi connectivity index (χ4v) is 2.30. The van der Waals surface area contributed by atoms with E-state index in [1.165, 1.54) is 17.7 Å². The van der Waals surface area contributed by atoms with Gasteiger partial charge < -0.3 is 20.7 Å². The number of carbonyl (C=O) groups is 1. The van der Waals surface area contributed by atoms with Gasteiger partial charge in [-0.3, -0.25) is 4.79 Å². The summed E-state index contributed by atoms with van der Waals surface area (Å²) < 4.78 is 5.19. The van der Waals surface area contributed by atoms with Gasteiger partial charge in [0.05, 0.1) is 25.9 Å². The monoisotopic (exact) mass is 250 g/mol. The highest BCUT2D eigenvalue weighted by atomic mass is 16.5. The summed E-state index contributed by atoms with van der Waals surface area (Å²) in [5.41, 5.74) is 6.96. The first-order valence-corrected chi connectivity index (χ1v) is 6.26. The van der Waals surface area contributed by atoms with E-state index in [9.17, 15) is 4.79 Å². The molecule has 0 aromatic heterocycles. The largest absolute Gasteiger partial charge is 0.495 e. The van der Waals surface area contributed by atoms with Gasteiger partial charge in [-0.25, -0.2) is 0 Å². The van der Waals surface area contributed by atoms with Gasteiger partial charge in [0.25, 0.3) is 5.91 Å². The molecule has 0 aliphatic carbocycles. The molecule has 1 fully saturated rings. The summed E-state index contributed by atoms with van der Waals surface area (Å²) in [7, 11) is 1.58. The summed E-state index contributed by atoms with van der Waals surface area (Å²) in [6, 6.07) is 5.23. The molecule has 5 heteroatoms. The van der Waals surface area contributed by atoms with Crippen LogP contribution in [0.1, 0.15) is 12.8 Å². The number of hydrogen-bond acceptors (Lipinski definition) is 3. The Hall–Kier alpha value is -1.75. The molecule has 1 aromatic rings. The van der Waals surface area contributed by atoms with Gasteiger partial charge in [0.2, 0.25) is 0 Å². The Morgan fingerprint density at radius 1 is 1.44 bits per heavy atom. The van der Waals surface area contributed by atoms with Crippen LogP contribution in [0.4, 0.5) is 11.4 Å². The number of nitrogens with one attached hydrogen (secondary N) is 2. The number of nitrogen functional groups attached to an aromatic ring is 1. The number of ether oxygens (including phenoxy) is 1. The van der Waals surface area contributed by atoms with E-state index in [2.05, 4.69) is 5.32 Å². The smallest absolute Gasteiger partial charge is 0.279 e. The average molecular weight is 250 g/mol. The second kappa shape index (κ2) is 5.73. The van der Waals surface area contributed by atoms with E-state index in [1.807, 2.05) is 0 Å². The van der Waals surface area contributed by atoms with Gasteiger partial charge in [-0.2, -0.15) is 0 Å². The van der Waals surface area contributed by atoms with Gasteiger partial charge in [0.1, 0.15) is 5.75 Å². The van der Waals surface area contributed by atoms with Gasteiger partial charge in [-0.05, 0) is 18.2 Å². The molecule has 1 aliphatic heterocycles. The van der Waals surface area contributed by atoms with Crippen molar-refractivity contribution in [2.75, 3.05) is 37.8 Å². The minimum Gasteiger partial charge on any atom is -0.495 e. The molecule has 0 saturated carbocycles. The fraction of sp³-hybridized carbons (Fsp3) is 0.462. The molecule has 1 amide bonds. The number of carbonyl (C=O) groups excluding carboxylic acids is 1. The van der Waals surface area contributed by atoms with Crippen molar-refractivity contribution in [2.45, 2.75) is 12.8 Å². The Bertz CT molecular complexity index is 428. The van der Waals surface area contributed by atoms with Gasteiger partial charge in [-0.1, -0.05) is 0 Å². The van der Waals surface area contributed by atoms with Crippen molar-refractivity contribution in [3.8, 4) is 5.75 Å². The molecular formula is C13H20N3O2+. The van der Waals surface area contributed by atoms with E-state index in [-0.39, 0.29) is 5.91 Å². The van der Waals surface area contributed by atoms with Crippen molar-refractivity contribution in [1.82, 2.24) is 0 Å². The van der Waals surface area contributed by atoms with Crippen molar-refractivity contribution in [3.63, 3.8) is 0 Å². The zero-order chi connectivity index (χ0) is 13.0. The molecule has 1 heterocycles. The van der Waals surface area contributed by atoms with Crippen molar-refractivity contribution in [1.29, 1.82) is 0 Å². The van der Waals surface area contributed by atoms with Gasteiger partial charge in [-0.15, -0.1) is 0 Å². The first kappa shape index (κ1) is 12.7. The maximum atomic E-state index is 11.9. The maximum Gasteiger partial charge on any atom is 0.279 e. The van der Waals surface area contributed by atoms with Crippen molar-refractivity contribution in [3.05, 3.63) is 18.2 Å². The Kier molecular flexibility index (Phi) is 4.04. The molecule has 1 saturated heterocycles. The number of nitrogens with two attached hydrogens (primary N) is 1. The Morgan fingerprint density at radius 3 is 2.83 bits per heavy atom. The van der Waals surface area contributed by atoms with Crippen LogP contribution in [0.3, 0.4) is 0 Å². The fourth-order valence-electron chi connectivity index (χ4n) is 2.30. The minimum absolute atomic E-state index is 0.0100. The molecule has 98 valence electrons. The lowest BCUT2D eigenvalue weighted by Gasteiger charge is -2.14. The molecule has 0 bridgehead atoms. The minimum atomic E-state index is 0.0100. The highest BCUT2D eigenvalue weighted by Gasteiger charge is 2.19. The van der Waals surface area contributed by atoms with E-state index in [1.54, 1.807) is 25.3 Å². The molecule has 2 rings (SSSR count). The summed E-state index contributed by atoms with van der Waals surface area (Å²) in [6.45, 7) is 2.68. The predicted molar refractivity (Wildman–Crippen MR) is 70.8 cm³/mol. The summed E-state index contributed by atoms with van der Waals surface area (Å²) in [5, 5.41) is 2.86. The lowest BCUT2D eigenvalue weighted by Crippen LogP contribution is -3.11. The van der Waals surface area contributed by atoms with E-state index < -0.39 is 0 Å². The van der Waals surface area contributed by atoms with Crippen LogP contribution < -0.4 is 20.7 Å². The number of benzene rings is 1. The van der Waals surface area contributed by atoms with Crippen LogP contribution in [0, 0.1) is 0 Å². The van der Waals surface area contributed by atoms with Gasteiger partial charge >= 0.3 is 0 Å². The number of likely N-dealkylation sites (tertiary alicyclic amines) is 1. The molecule has 0 spiro atoms. The SMILES string of the molecule is COc1ccc(N)cc1NC(=O)C[NH+]1CCCC1. The second-order valence-corrected chi connectivity index (χ2v) is 4.64. The molecule has 1 aliphatic rings. The summed E-state index contributed by atoms with van der Waals surface area (Å²) in [5.74, 6) is 0.643. The third-order valence-corrected chi connectivity index (χ3v) is 3.22. The third-order valence-electron chi connectivity index (χ3n) is 3.22. The highest BCUT2D eigenvalue weighted by molar-refractivity contribution is 5.93. The first-order chi connectivity index (χ1) is 8.69. The molecule has 4 N–H and O–H groups in total.